The summed E-state index contributed by atoms with van der Waals surface area (Å²) in [6, 6.07) is 4.39. The number of carbonyl (C=O) groups excluding carboxylic acids is 2. The van der Waals surface area contributed by atoms with Crippen molar-refractivity contribution in [3.63, 3.8) is 0 Å². The van der Waals surface area contributed by atoms with E-state index in [2.05, 4.69) is 33.2 Å². The minimum absolute atomic E-state index is 0.0448. The molecule has 0 aromatic heterocycles. The van der Waals surface area contributed by atoms with Gasteiger partial charge < -0.3 is 16.4 Å². The van der Waals surface area contributed by atoms with Gasteiger partial charge in [0.15, 0.2) is 0 Å². The van der Waals surface area contributed by atoms with Crippen molar-refractivity contribution < 1.29 is 9.59 Å². The second-order valence-corrected chi connectivity index (χ2v) is 5.92. The molecule has 0 saturated heterocycles. The van der Waals surface area contributed by atoms with E-state index in [-0.39, 0.29) is 11.8 Å². The third kappa shape index (κ3) is 4.70. The van der Waals surface area contributed by atoms with Crippen LogP contribution in [0, 0.1) is 16.4 Å². The number of carbonyl (C=O) groups is 2. The SMILES string of the molecule is Cc1cc(I)ccc1NC(=O)[C@@H](NC(N)=O)C(C)C. The van der Waals surface area contributed by atoms with Crippen molar-refractivity contribution in [1.29, 1.82) is 0 Å². The first kappa shape index (κ1) is 15.7. The maximum Gasteiger partial charge on any atom is 0.312 e. The van der Waals surface area contributed by atoms with Crippen molar-refractivity contribution in [2.24, 2.45) is 11.7 Å². The van der Waals surface area contributed by atoms with Crippen LogP contribution >= 0.6 is 22.6 Å². The summed E-state index contributed by atoms with van der Waals surface area (Å²) in [5, 5.41) is 5.27. The molecule has 104 valence electrons. The molecule has 4 N–H and O–H groups in total. The van der Waals surface area contributed by atoms with E-state index >= 15 is 0 Å². The van der Waals surface area contributed by atoms with Crippen molar-refractivity contribution in [2.75, 3.05) is 5.32 Å². The quantitative estimate of drug-likeness (QED) is 0.706. The summed E-state index contributed by atoms with van der Waals surface area (Å²) in [7, 11) is 0. The number of rotatable bonds is 4. The van der Waals surface area contributed by atoms with E-state index in [4.69, 9.17) is 5.73 Å². The molecule has 0 heterocycles. The van der Waals surface area contributed by atoms with Crippen LogP contribution < -0.4 is 16.4 Å². The van der Waals surface area contributed by atoms with E-state index in [1.54, 1.807) is 0 Å². The molecule has 0 aliphatic heterocycles. The summed E-state index contributed by atoms with van der Waals surface area (Å²) >= 11 is 2.21. The number of nitrogens with two attached hydrogens (primary N) is 1. The normalized spacial score (nSPS) is 12.1. The molecule has 6 heteroatoms. The van der Waals surface area contributed by atoms with Crippen LogP contribution in [0.4, 0.5) is 10.5 Å². The number of primary amides is 1. The standard InChI is InChI=1S/C13H18IN3O2/c1-7(2)11(17-13(15)19)12(18)16-10-5-4-9(14)6-8(10)3/h4-7,11H,1-3H3,(H,16,18)(H3,15,17,19)/t11-/m0/s1. The molecule has 1 atom stereocenters. The Morgan fingerprint density at radius 3 is 2.42 bits per heavy atom. The van der Waals surface area contributed by atoms with Crippen LogP contribution in [0.25, 0.3) is 0 Å². The van der Waals surface area contributed by atoms with Crippen molar-refractivity contribution in [1.82, 2.24) is 5.32 Å². The van der Waals surface area contributed by atoms with Crippen LogP contribution in [0.5, 0.6) is 0 Å². The molecule has 0 fully saturated rings. The summed E-state index contributed by atoms with van der Waals surface area (Å²) in [5.41, 5.74) is 6.79. The molecule has 0 radical (unpaired) electrons. The minimum Gasteiger partial charge on any atom is -0.352 e. The molecule has 1 aromatic rings. The van der Waals surface area contributed by atoms with E-state index in [9.17, 15) is 9.59 Å². The fraction of sp³-hybridized carbons (Fsp3) is 0.385. The molecule has 1 aromatic carbocycles. The Labute approximate surface area is 126 Å². The predicted octanol–water partition coefficient (Wildman–Crippen LogP) is 2.23. The van der Waals surface area contributed by atoms with Gasteiger partial charge in [-0.05, 0) is 59.2 Å². The van der Waals surface area contributed by atoms with Crippen molar-refractivity contribution >= 4 is 40.2 Å². The Kier molecular flexibility index (Phi) is 5.59. The van der Waals surface area contributed by atoms with Crippen LogP contribution in [0.15, 0.2) is 18.2 Å². The van der Waals surface area contributed by atoms with Gasteiger partial charge in [-0.1, -0.05) is 13.8 Å². The number of urea groups is 1. The molecule has 0 saturated carbocycles. The monoisotopic (exact) mass is 375 g/mol. The number of hydrogen-bond acceptors (Lipinski definition) is 2. The first-order chi connectivity index (χ1) is 8.81. The van der Waals surface area contributed by atoms with Gasteiger partial charge in [0, 0.05) is 9.26 Å². The largest absolute Gasteiger partial charge is 0.352 e. The van der Waals surface area contributed by atoms with Gasteiger partial charge in [-0.15, -0.1) is 0 Å². The molecule has 5 nitrogen and oxygen atoms in total. The highest BCUT2D eigenvalue weighted by Crippen LogP contribution is 2.18. The van der Waals surface area contributed by atoms with E-state index in [0.717, 1.165) is 14.8 Å². The molecule has 0 aliphatic carbocycles. The average molecular weight is 375 g/mol. The Hall–Kier alpha value is -1.31. The average Bonchev–Trinajstić information content (AvgIpc) is 2.29. The molecular weight excluding hydrogens is 357 g/mol. The molecule has 0 aliphatic rings. The summed E-state index contributed by atoms with van der Waals surface area (Å²) in [6.45, 7) is 5.62. The van der Waals surface area contributed by atoms with Crippen molar-refractivity contribution in [3.8, 4) is 0 Å². The number of nitrogens with one attached hydrogen (secondary N) is 2. The fourth-order valence-electron chi connectivity index (χ4n) is 1.67. The van der Waals surface area contributed by atoms with Gasteiger partial charge in [0.1, 0.15) is 6.04 Å². The zero-order valence-electron chi connectivity index (χ0n) is 11.2. The lowest BCUT2D eigenvalue weighted by Gasteiger charge is -2.21. The zero-order chi connectivity index (χ0) is 14.6. The number of amides is 3. The number of hydrogen-bond donors (Lipinski definition) is 3. The topological polar surface area (TPSA) is 84.2 Å². The highest BCUT2D eigenvalue weighted by atomic mass is 127. The van der Waals surface area contributed by atoms with Gasteiger partial charge >= 0.3 is 6.03 Å². The lowest BCUT2D eigenvalue weighted by Crippen LogP contribution is -2.49. The fourth-order valence-corrected chi connectivity index (χ4v) is 2.31. The Morgan fingerprint density at radius 2 is 1.95 bits per heavy atom. The number of halogens is 1. The van der Waals surface area contributed by atoms with E-state index in [0.29, 0.717) is 0 Å². The van der Waals surface area contributed by atoms with Crippen molar-refractivity contribution in [3.05, 3.63) is 27.3 Å². The third-order valence-electron chi connectivity index (χ3n) is 2.69. The highest BCUT2D eigenvalue weighted by Gasteiger charge is 2.23. The lowest BCUT2D eigenvalue weighted by atomic mass is 10.0. The van der Waals surface area contributed by atoms with Crippen LogP contribution in [-0.2, 0) is 4.79 Å². The van der Waals surface area contributed by atoms with Crippen LogP contribution in [0.3, 0.4) is 0 Å². The maximum absolute atomic E-state index is 12.1. The summed E-state index contributed by atoms with van der Waals surface area (Å²) in [4.78, 5) is 23.1. The van der Waals surface area contributed by atoms with E-state index in [1.807, 2.05) is 39.0 Å². The number of aryl methyl sites for hydroxylation is 1. The van der Waals surface area contributed by atoms with E-state index in [1.165, 1.54) is 0 Å². The van der Waals surface area contributed by atoms with Crippen LogP contribution in [0.2, 0.25) is 0 Å². The maximum atomic E-state index is 12.1. The van der Waals surface area contributed by atoms with Crippen LogP contribution in [0.1, 0.15) is 19.4 Å². The molecule has 0 bridgehead atoms. The van der Waals surface area contributed by atoms with Gasteiger partial charge in [-0.25, -0.2) is 4.79 Å². The minimum atomic E-state index is -0.701. The Bertz CT molecular complexity index is 489. The number of benzene rings is 1. The molecule has 0 unspecified atom stereocenters. The molecule has 19 heavy (non-hydrogen) atoms. The van der Waals surface area contributed by atoms with Gasteiger partial charge in [0.05, 0.1) is 0 Å². The molecular formula is C13H18IN3O2. The molecule has 3 amide bonds. The Balaban J connectivity index is 2.84. The summed E-state index contributed by atoms with van der Waals surface area (Å²) in [5.74, 6) is -0.310. The third-order valence-corrected chi connectivity index (χ3v) is 3.36. The highest BCUT2D eigenvalue weighted by molar-refractivity contribution is 14.1. The van der Waals surface area contributed by atoms with Crippen molar-refractivity contribution in [2.45, 2.75) is 26.8 Å². The number of anilines is 1. The van der Waals surface area contributed by atoms with Gasteiger partial charge in [0.25, 0.3) is 0 Å². The summed E-state index contributed by atoms with van der Waals surface area (Å²) in [6.07, 6.45) is 0. The molecule has 0 spiro atoms. The van der Waals surface area contributed by atoms with E-state index < -0.39 is 12.1 Å². The first-order valence-electron chi connectivity index (χ1n) is 5.94. The second-order valence-electron chi connectivity index (χ2n) is 4.68. The van der Waals surface area contributed by atoms with Gasteiger partial charge in [-0.2, -0.15) is 0 Å². The lowest BCUT2D eigenvalue weighted by molar-refractivity contribution is -0.118. The van der Waals surface area contributed by atoms with Gasteiger partial charge in [-0.3, -0.25) is 4.79 Å². The van der Waals surface area contributed by atoms with Crippen LogP contribution in [-0.4, -0.2) is 18.0 Å². The summed E-state index contributed by atoms with van der Waals surface area (Å²) < 4.78 is 1.10. The first-order valence-corrected chi connectivity index (χ1v) is 7.02. The second kappa shape index (κ2) is 6.74. The zero-order valence-corrected chi connectivity index (χ0v) is 13.3. The smallest absolute Gasteiger partial charge is 0.312 e. The predicted molar refractivity (Wildman–Crippen MR) is 83.9 cm³/mol. The van der Waals surface area contributed by atoms with Gasteiger partial charge in [0.2, 0.25) is 5.91 Å². The molecule has 1 rings (SSSR count). The Morgan fingerprint density at radius 1 is 1.32 bits per heavy atom.